The van der Waals surface area contributed by atoms with Crippen LogP contribution in [0.15, 0.2) is 60.7 Å². The van der Waals surface area contributed by atoms with E-state index in [2.05, 4.69) is 6.07 Å². The molecule has 0 saturated heterocycles. The van der Waals surface area contributed by atoms with Gasteiger partial charge in [-0.15, -0.1) is 0 Å². The van der Waals surface area contributed by atoms with Crippen LogP contribution in [0.3, 0.4) is 0 Å². The van der Waals surface area contributed by atoms with Gasteiger partial charge in [-0.25, -0.2) is 0 Å². The molecule has 104 valence electrons. The van der Waals surface area contributed by atoms with Crippen molar-refractivity contribution < 1.29 is 4.79 Å². The van der Waals surface area contributed by atoms with Crippen molar-refractivity contribution in [3.8, 4) is 0 Å². The molecular formula is C18H12Cl2O. The number of fused-ring (bicyclic) bond motifs is 1. The smallest absolute Gasteiger partial charge is 0.167 e. The maximum Gasteiger partial charge on any atom is 0.167 e. The molecule has 0 unspecified atom stereocenters. The first kappa shape index (κ1) is 14.1. The summed E-state index contributed by atoms with van der Waals surface area (Å²) in [5, 5.41) is 3.25. The summed E-state index contributed by atoms with van der Waals surface area (Å²) >= 11 is 11.9. The number of benzene rings is 3. The number of Topliss-reactive ketones (excluding diaryl/α,β-unsaturated/α-hetero) is 1. The first-order chi connectivity index (χ1) is 10.1. The Morgan fingerprint density at radius 3 is 2.19 bits per heavy atom. The second kappa shape index (κ2) is 5.88. The molecule has 0 N–H and O–H groups in total. The predicted molar refractivity (Wildman–Crippen MR) is 88.4 cm³/mol. The van der Waals surface area contributed by atoms with Crippen molar-refractivity contribution in [2.24, 2.45) is 0 Å². The fourth-order valence-electron chi connectivity index (χ4n) is 2.35. The normalized spacial score (nSPS) is 10.8. The third-order valence-corrected chi connectivity index (χ3v) is 3.80. The van der Waals surface area contributed by atoms with E-state index in [4.69, 9.17) is 23.2 Å². The predicted octanol–water partition coefficient (Wildman–Crippen LogP) is 5.57. The minimum Gasteiger partial charge on any atom is -0.294 e. The molecular weight excluding hydrogens is 303 g/mol. The molecule has 0 radical (unpaired) electrons. The number of carbonyl (C=O) groups is 1. The van der Waals surface area contributed by atoms with Crippen molar-refractivity contribution in [2.75, 3.05) is 0 Å². The SMILES string of the molecule is O=C(Cc1ccc2ccccc2c1)c1cc(Cl)cc(Cl)c1. The summed E-state index contributed by atoms with van der Waals surface area (Å²) in [6.45, 7) is 0. The average Bonchev–Trinajstić information content (AvgIpc) is 2.46. The fourth-order valence-corrected chi connectivity index (χ4v) is 2.88. The van der Waals surface area contributed by atoms with Gasteiger partial charge in [0.2, 0.25) is 0 Å². The maximum atomic E-state index is 12.3. The summed E-state index contributed by atoms with van der Waals surface area (Å²) < 4.78 is 0. The van der Waals surface area contributed by atoms with Gasteiger partial charge >= 0.3 is 0 Å². The van der Waals surface area contributed by atoms with E-state index in [1.807, 2.05) is 36.4 Å². The lowest BCUT2D eigenvalue weighted by Crippen LogP contribution is -2.03. The Kier molecular flexibility index (Phi) is 3.96. The average molecular weight is 315 g/mol. The Bertz CT molecular complexity index is 804. The molecule has 0 aliphatic rings. The minimum absolute atomic E-state index is 0.00896. The van der Waals surface area contributed by atoms with E-state index in [1.165, 1.54) is 5.39 Å². The summed E-state index contributed by atoms with van der Waals surface area (Å²) in [6.07, 6.45) is 0.335. The van der Waals surface area contributed by atoms with Gasteiger partial charge in [0, 0.05) is 22.0 Å². The molecule has 0 atom stereocenters. The fraction of sp³-hybridized carbons (Fsp3) is 0.0556. The second-order valence-corrected chi connectivity index (χ2v) is 5.81. The van der Waals surface area contributed by atoms with Gasteiger partial charge in [-0.05, 0) is 34.5 Å². The Labute approximate surface area is 133 Å². The number of carbonyl (C=O) groups excluding carboxylic acids is 1. The van der Waals surface area contributed by atoms with Crippen molar-refractivity contribution in [3.63, 3.8) is 0 Å². The molecule has 0 aromatic heterocycles. The van der Waals surface area contributed by atoms with Gasteiger partial charge in [-0.1, -0.05) is 65.7 Å². The van der Waals surface area contributed by atoms with E-state index < -0.39 is 0 Å². The summed E-state index contributed by atoms with van der Waals surface area (Å²) in [7, 11) is 0. The summed E-state index contributed by atoms with van der Waals surface area (Å²) in [6, 6.07) is 19.1. The number of rotatable bonds is 3. The van der Waals surface area contributed by atoms with Crippen LogP contribution >= 0.6 is 23.2 Å². The lowest BCUT2D eigenvalue weighted by atomic mass is 10.0. The zero-order valence-electron chi connectivity index (χ0n) is 11.1. The number of hydrogen-bond acceptors (Lipinski definition) is 1. The molecule has 0 amide bonds. The Balaban J connectivity index is 1.88. The van der Waals surface area contributed by atoms with E-state index in [1.54, 1.807) is 18.2 Å². The number of hydrogen-bond donors (Lipinski definition) is 0. The lowest BCUT2D eigenvalue weighted by molar-refractivity contribution is 0.0993. The number of ketones is 1. The highest BCUT2D eigenvalue weighted by atomic mass is 35.5. The molecule has 1 nitrogen and oxygen atoms in total. The van der Waals surface area contributed by atoms with E-state index in [0.29, 0.717) is 22.0 Å². The molecule has 0 bridgehead atoms. The zero-order valence-corrected chi connectivity index (χ0v) is 12.7. The van der Waals surface area contributed by atoms with Crippen LogP contribution in [0.1, 0.15) is 15.9 Å². The minimum atomic E-state index is 0.00896. The van der Waals surface area contributed by atoms with E-state index in [0.717, 1.165) is 10.9 Å². The van der Waals surface area contributed by atoms with E-state index >= 15 is 0 Å². The molecule has 3 aromatic rings. The van der Waals surface area contributed by atoms with Crippen molar-refractivity contribution in [3.05, 3.63) is 81.8 Å². The molecule has 0 spiro atoms. The molecule has 3 aromatic carbocycles. The van der Waals surface area contributed by atoms with Gasteiger partial charge in [0.25, 0.3) is 0 Å². The van der Waals surface area contributed by atoms with Crippen molar-refractivity contribution in [2.45, 2.75) is 6.42 Å². The van der Waals surface area contributed by atoms with Gasteiger partial charge in [0.1, 0.15) is 0 Å². The molecule has 0 aliphatic carbocycles. The maximum absolute atomic E-state index is 12.3. The first-order valence-electron chi connectivity index (χ1n) is 6.59. The highest BCUT2D eigenvalue weighted by Gasteiger charge is 2.09. The highest BCUT2D eigenvalue weighted by molar-refractivity contribution is 6.35. The van der Waals surface area contributed by atoms with Crippen LogP contribution in [-0.2, 0) is 6.42 Å². The van der Waals surface area contributed by atoms with Gasteiger partial charge in [0.15, 0.2) is 5.78 Å². The third-order valence-electron chi connectivity index (χ3n) is 3.36. The van der Waals surface area contributed by atoms with Crippen LogP contribution < -0.4 is 0 Å². The van der Waals surface area contributed by atoms with Crippen molar-refractivity contribution in [1.29, 1.82) is 0 Å². The monoisotopic (exact) mass is 314 g/mol. The quantitative estimate of drug-likeness (QED) is 0.577. The highest BCUT2D eigenvalue weighted by Crippen LogP contribution is 2.21. The zero-order chi connectivity index (χ0) is 14.8. The Hall–Kier alpha value is -1.83. The summed E-state index contributed by atoms with van der Waals surface area (Å²) in [5.41, 5.74) is 1.52. The van der Waals surface area contributed by atoms with E-state index in [9.17, 15) is 4.79 Å². The van der Waals surface area contributed by atoms with Crippen LogP contribution in [0.25, 0.3) is 10.8 Å². The Morgan fingerprint density at radius 1 is 0.810 bits per heavy atom. The van der Waals surface area contributed by atoms with Gasteiger partial charge in [-0.3, -0.25) is 4.79 Å². The van der Waals surface area contributed by atoms with Crippen LogP contribution in [0.4, 0.5) is 0 Å². The molecule has 3 rings (SSSR count). The molecule has 0 fully saturated rings. The van der Waals surface area contributed by atoms with Gasteiger partial charge in [-0.2, -0.15) is 0 Å². The van der Waals surface area contributed by atoms with Crippen molar-refractivity contribution >= 4 is 39.8 Å². The first-order valence-corrected chi connectivity index (χ1v) is 7.34. The molecule has 21 heavy (non-hydrogen) atoms. The molecule has 0 saturated carbocycles. The second-order valence-electron chi connectivity index (χ2n) is 4.94. The van der Waals surface area contributed by atoms with Crippen LogP contribution in [-0.4, -0.2) is 5.78 Å². The van der Waals surface area contributed by atoms with Crippen LogP contribution in [0, 0.1) is 0 Å². The van der Waals surface area contributed by atoms with Crippen LogP contribution in [0.2, 0.25) is 10.0 Å². The Morgan fingerprint density at radius 2 is 1.48 bits per heavy atom. The van der Waals surface area contributed by atoms with E-state index in [-0.39, 0.29) is 5.78 Å². The molecule has 3 heteroatoms. The van der Waals surface area contributed by atoms with Gasteiger partial charge in [0.05, 0.1) is 0 Å². The summed E-state index contributed by atoms with van der Waals surface area (Å²) in [4.78, 5) is 12.3. The number of halogens is 2. The molecule has 0 aliphatic heterocycles. The van der Waals surface area contributed by atoms with Crippen LogP contribution in [0.5, 0.6) is 0 Å². The van der Waals surface area contributed by atoms with Gasteiger partial charge < -0.3 is 0 Å². The third kappa shape index (κ3) is 3.26. The summed E-state index contributed by atoms with van der Waals surface area (Å²) in [5.74, 6) is 0.00896. The topological polar surface area (TPSA) is 17.1 Å². The van der Waals surface area contributed by atoms with Crippen molar-refractivity contribution in [1.82, 2.24) is 0 Å². The standard InChI is InChI=1S/C18H12Cl2O/c19-16-9-15(10-17(20)11-16)18(21)8-12-5-6-13-3-1-2-4-14(13)7-12/h1-7,9-11H,8H2. The largest absolute Gasteiger partial charge is 0.294 e. The lowest BCUT2D eigenvalue weighted by Gasteiger charge is -2.05. The molecule has 0 heterocycles.